The minimum Gasteiger partial charge on any atom is -0.382 e. The first-order valence-electron chi connectivity index (χ1n) is 12.3. The van der Waals surface area contributed by atoms with Gasteiger partial charge in [-0.1, -0.05) is 38.3 Å². The van der Waals surface area contributed by atoms with Crippen molar-refractivity contribution < 1.29 is 4.79 Å². The van der Waals surface area contributed by atoms with Crippen LogP contribution in [0.1, 0.15) is 93.8 Å². The Morgan fingerprint density at radius 1 is 1.27 bits per heavy atom. The smallest absolute Gasteiger partial charge is 0.233 e. The summed E-state index contributed by atoms with van der Waals surface area (Å²) >= 11 is 0. The van der Waals surface area contributed by atoms with Crippen LogP contribution in [0, 0.1) is 5.41 Å². The summed E-state index contributed by atoms with van der Waals surface area (Å²) in [5, 5.41) is 10.8. The van der Waals surface area contributed by atoms with Crippen LogP contribution in [0.15, 0.2) is 30.6 Å². The summed E-state index contributed by atoms with van der Waals surface area (Å²) in [5.74, 6) is -0.678. The normalized spacial score (nSPS) is 24.1. The van der Waals surface area contributed by atoms with Crippen molar-refractivity contribution in [2.24, 2.45) is 5.73 Å². The molecule has 2 aromatic rings. The molecule has 4 rings (SSSR count). The number of carbonyl (C=O) groups excluding carboxylic acids is 1. The number of nitrogens with two attached hydrogens (primary N) is 1. The number of nitrogens with one attached hydrogen (secondary N) is 2. The number of rotatable bonds is 7. The van der Waals surface area contributed by atoms with Crippen molar-refractivity contribution in [3.05, 3.63) is 53.1 Å². The van der Waals surface area contributed by atoms with Gasteiger partial charge in [0.25, 0.3) is 0 Å². The van der Waals surface area contributed by atoms with Gasteiger partial charge in [-0.25, -0.2) is 4.98 Å². The zero-order valence-electron chi connectivity index (χ0n) is 20.0. The van der Waals surface area contributed by atoms with E-state index in [0.29, 0.717) is 35.9 Å². The first kappa shape index (κ1) is 23.4. The molecule has 4 atom stereocenters. The fraction of sp³-hybridized carbons (Fsp3) is 0.538. The summed E-state index contributed by atoms with van der Waals surface area (Å²) in [6.45, 7) is 6.96. The molecule has 0 bridgehead atoms. The van der Waals surface area contributed by atoms with Crippen molar-refractivity contribution in [3.63, 3.8) is 0 Å². The quantitative estimate of drug-likeness (QED) is 0.426. The zero-order valence-corrected chi connectivity index (χ0v) is 20.0. The second-order valence-electron chi connectivity index (χ2n) is 9.60. The van der Waals surface area contributed by atoms with E-state index in [2.05, 4.69) is 53.1 Å². The van der Waals surface area contributed by atoms with Crippen LogP contribution in [-0.4, -0.2) is 38.7 Å². The van der Waals surface area contributed by atoms with E-state index >= 15 is 0 Å². The number of nitrogens with zero attached hydrogens (tertiary/aromatic N) is 3. The van der Waals surface area contributed by atoms with Crippen molar-refractivity contribution in [1.82, 2.24) is 14.9 Å². The maximum atomic E-state index is 13.0. The highest BCUT2D eigenvalue weighted by molar-refractivity contribution is 5.99. The van der Waals surface area contributed by atoms with E-state index in [1.54, 1.807) is 6.20 Å². The van der Waals surface area contributed by atoms with Crippen LogP contribution in [0.2, 0.25) is 0 Å². The highest BCUT2D eigenvalue weighted by atomic mass is 16.2. The fourth-order valence-corrected chi connectivity index (χ4v) is 5.61. The van der Waals surface area contributed by atoms with Crippen LogP contribution in [0.25, 0.3) is 0 Å². The van der Waals surface area contributed by atoms with Gasteiger partial charge in [-0.05, 0) is 56.7 Å². The topological polar surface area (TPSA) is 108 Å². The maximum Gasteiger partial charge on any atom is 0.233 e. The van der Waals surface area contributed by atoms with E-state index in [4.69, 9.17) is 11.1 Å². The van der Waals surface area contributed by atoms with Crippen LogP contribution < -0.4 is 11.1 Å². The standard InChI is InChI=1S/C26H36N6O/c1-4-5-12-24(32-16(2)8-6-9-17(32)3)18-10-7-11-21-19(18)13-20(26(33)31-21)22-14-29-15-23(30-22)25(27)28/h7,10-11,14-17,20,24H,4-6,8-9,12-13H2,1-3H3,(H3,27,28)(H,31,33). The van der Waals surface area contributed by atoms with Gasteiger partial charge < -0.3 is 11.1 Å². The molecule has 0 radical (unpaired) electrons. The molecule has 1 fully saturated rings. The molecule has 0 aliphatic carbocycles. The van der Waals surface area contributed by atoms with Crippen molar-refractivity contribution >= 4 is 17.4 Å². The lowest BCUT2D eigenvalue weighted by Gasteiger charge is -2.45. The molecule has 3 heterocycles. The zero-order chi connectivity index (χ0) is 23.5. The molecule has 1 aromatic heterocycles. The number of aromatic nitrogens is 2. The predicted molar refractivity (Wildman–Crippen MR) is 131 cm³/mol. The monoisotopic (exact) mass is 448 g/mol. The van der Waals surface area contributed by atoms with Crippen molar-refractivity contribution in [2.75, 3.05) is 5.32 Å². The largest absolute Gasteiger partial charge is 0.382 e. The minimum absolute atomic E-state index is 0.0838. The molecule has 0 spiro atoms. The van der Waals surface area contributed by atoms with Crippen LogP contribution >= 0.6 is 0 Å². The molecule has 4 unspecified atom stereocenters. The molecule has 1 amide bonds. The van der Waals surface area contributed by atoms with E-state index in [9.17, 15) is 4.79 Å². The summed E-state index contributed by atoms with van der Waals surface area (Å²) in [6.07, 6.45) is 10.9. The minimum atomic E-state index is -0.450. The van der Waals surface area contributed by atoms with Gasteiger partial charge >= 0.3 is 0 Å². The van der Waals surface area contributed by atoms with E-state index < -0.39 is 5.92 Å². The van der Waals surface area contributed by atoms with Crippen molar-refractivity contribution in [1.29, 1.82) is 5.41 Å². The number of carbonyl (C=O) groups is 1. The Balaban J connectivity index is 1.73. The number of likely N-dealkylation sites (tertiary alicyclic amines) is 1. The SMILES string of the molecule is CCCCC(c1cccc2c1CC(c1cncc(C(=N)N)n1)C(=O)N2)N1C(C)CCCC1C. The Hall–Kier alpha value is -2.80. The van der Waals surface area contributed by atoms with Gasteiger partial charge in [0.15, 0.2) is 0 Å². The number of unbranched alkanes of at least 4 members (excludes halogenated alkanes) is 1. The number of fused-ring (bicyclic) bond motifs is 1. The summed E-state index contributed by atoms with van der Waals surface area (Å²) in [6, 6.07) is 7.74. The average Bonchev–Trinajstić information content (AvgIpc) is 2.80. The molecule has 33 heavy (non-hydrogen) atoms. The average molecular weight is 449 g/mol. The lowest BCUT2D eigenvalue weighted by atomic mass is 9.83. The molecule has 7 nitrogen and oxygen atoms in total. The Morgan fingerprint density at radius 3 is 2.73 bits per heavy atom. The predicted octanol–water partition coefficient (Wildman–Crippen LogP) is 4.53. The summed E-state index contributed by atoms with van der Waals surface area (Å²) < 4.78 is 0. The van der Waals surface area contributed by atoms with Gasteiger partial charge in [0.2, 0.25) is 5.91 Å². The van der Waals surface area contributed by atoms with E-state index in [1.807, 2.05) is 6.07 Å². The number of anilines is 1. The van der Waals surface area contributed by atoms with Gasteiger partial charge in [0, 0.05) is 30.0 Å². The van der Waals surface area contributed by atoms with Gasteiger partial charge in [0.1, 0.15) is 11.5 Å². The van der Waals surface area contributed by atoms with E-state index in [-0.39, 0.29) is 11.7 Å². The number of nitrogen functional groups attached to an aromatic ring is 1. The Morgan fingerprint density at radius 2 is 2.03 bits per heavy atom. The first-order chi connectivity index (χ1) is 15.9. The lowest BCUT2D eigenvalue weighted by molar-refractivity contribution is -0.117. The molecule has 176 valence electrons. The van der Waals surface area contributed by atoms with Crippen LogP contribution in [-0.2, 0) is 11.2 Å². The Kier molecular flexibility index (Phi) is 7.08. The molecular formula is C26H36N6O. The number of benzene rings is 1. The summed E-state index contributed by atoms with van der Waals surface area (Å²) in [7, 11) is 0. The maximum absolute atomic E-state index is 13.0. The second-order valence-corrected chi connectivity index (χ2v) is 9.60. The molecule has 2 aliphatic rings. The lowest BCUT2D eigenvalue weighted by Crippen LogP contribution is -2.46. The van der Waals surface area contributed by atoms with Crippen LogP contribution in [0.5, 0.6) is 0 Å². The molecule has 1 aromatic carbocycles. The van der Waals surface area contributed by atoms with Gasteiger partial charge in [0.05, 0.1) is 17.8 Å². The Bertz CT molecular complexity index is 1010. The molecule has 4 N–H and O–H groups in total. The number of piperidine rings is 1. The first-order valence-corrected chi connectivity index (χ1v) is 12.3. The molecule has 7 heteroatoms. The third kappa shape index (κ3) is 4.78. The van der Waals surface area contributed by atoms with Crippen LogP contribution in [0.3, 0.4) is 0 Å². The van der Waals surface area contributed by atoms with Crippen molar-refractivity contribution in [2.45, 2.75) is 89.8 Å². The van der Waals surface area contributed by atoms with Crippen molar-refractivity contribution in [3.8, 4) is 0 Å². The number of amidine groups is 1. The van der Waals surface area contributed by atoms with E-state index in [1.165, 1.54) is 43.0 Å². The molecule has 0 saturated carbocycles. The third-order valence-corrected chi connectivity index (χ3v) is 7.29. The molecule has 1 saturated heterocycles. The molecule has 2 aliphatic heterocycles. The van der Waals surface area contributed by atoms with E-state index in [0.717, 1.165) is 18.5 Å². The third-order valence-electron chi connectivity index (χ3n) is 7.29. The van der Waals surface area contributed by atoms with Gasteiger partial charge in [-0.2, -0.15) is 0 Å². The Labute approximate surface area is 196 Å². The van der Waals surface area contributed by atoms with Crippen LogP contribution in [0.4, 0.5) is 5.69 Å². The summed E-state index contributed by atoms with van der Waals surface area (Å²) in [4.78, 5) is 24.4. The van der Waals surface area contributed by atoms with Gasteiger partial charge in [-0.15, -0.1) is 0 Å². The number of hydrogen-bond donors (Lipinski definition) is 3. The highest BCUT2D eigenvalue weighted by Gasteiger charge is 2.36. The summed E-state index contributed by atoms with van der Waals surface area (Å²) in [5.41, 5.74) is 9.90. The van der Waals surface area contributed by atoms with Gasteiger partial charge in [-0.3, -0.25) is 20.1 Å². The number of hydrogen-bond acceptors (Lipinski definition) is 5. The second kappa shape index (κ2) is 10.00. The highest BCUT2D eigenvalue weighted by Crippen LogP contribution is 2.41. The molecular weight excluding hydrogens is 412 g/mol. The number of amides is 1. The fourth-order valence-electron chi connectivity index (χ4n) is 5.61.